The van der Waals surface area contributed by atoms with Gasteiger partial charge in [0.1, 0.15) is 6.17 Å². The zero-order valence-electron chi connectivity index (χ0n) is 8.19. The van der Waals surface area contributed by atoms with Crippen molar-refractivity contribution in [3.8, 4) is 0 Å². The van der Waals surface area contributed by atoms with Crippen LogP contribution in [0.2, 0.25) is 0 Å². The minimum Gasteiger partial charge on any atom is -0.478 e. The van der Waals surface area contributed by atoms with Crippen LogP contribution in [0.3, 0.4) is 0 Å². The monoisotopic (exact) mass is 209 g/mol. The molecular weight excluding hydrogens is 197 g/mol. The van der Waals surface area contributed by atoms with E-state index in [1.54, 1.807) is 29.2 Å². The van der Waals surface area contributed by atoms with Gasteiger partial charge < -0.3 is 10.0 Å². The molecule has 0 aromatic heterocycles. The normalized spacial score (nSPS) is 20.6. The number of carboxylic acids is 1. The van der Waals surface area contributed by atoms with Gasteiger partial charge >= 0.3 is 5.97 Å². The minimum atomic E-state index is -0.965. The van der Waals surface area contributed by atoms with E-state index in [2.05, 4.69) is 0 Å². The summed E-state index contributed by atoms with van der Waals surface area (Å²) in [6.07, 6.45) is -0.361. The van der Waals surface area contributed by atoms with Crippen LogP contribution in [0.1, 0.15) is 16.8 Å². The molecule has 0 unspecified atom stereocenters. The smallest absolute Gasteiger partial charge is 0.337 e. The number of alkyl halides is 1. The number of anilines is 1. The van der Waals surface area contributed by atoms with Gasteiger partial charge in [-0.25, -0.2) is 9.18 Å². The summed E-state index contributed by atoms with van der Waals surface area (Å²) in [5, 5.41) is 8.97. The lowest BCUT2D eigenvalue weighted by atomic mass is 10.1. The van der Waals surface area contributed by atoms with Gasteiger partial charge in [0.15, 0.2) is 0 Å². The van der Waals surface area contributed by atoms with Crippen molar-refractivity contribution in [2.75, 3.05) is 18.0 Å². The number of carbonyl (C=O) groups is 1. The number of benzene rings is 1. The van der Waals surface area contributed by atoms with Crippen LogP contribution in [-0.2, 0) is 0 Å². The third kappa shape index (κ3) is 1.93. The van der Waals surface area contributed by atoms with Crippen LogP contribution in [0.5, 0.6) is 0 Å². The molecule has 2 rings (SSSR count). The Morgan fingerprint density at radius 2 is 2.20 bits per heavy atom. The van der Waals surface area contributed by atoms with E-state index in [1.807, 2.05) is 0 Å². The molecule has 0 amide bonds. The lowest BCUT2D eigenvalue weighted by Crippen LogP contribution is -2.22. The van der Waals surface area contributed by atoms with Crippen molar-refractivity contribution in [2.45, 2.75) is 12.6 Å². The van der Waals surface area contributed by atoms with Gasteiger partial charge in [-0.05, 0) is 18.6 Å². The van der Waals surface area contributed by atoms with Gasteiger partial charge in [0.25, 0.3) is 0 Å². The third-order valence-electron chi connectivity index (χ3n) is 2.61. The van der Waals surface area contributed by atoms with Crippen molar-refractivity contribution in [1.29, 1.82) is 0 Å². The number of hydrogen-bond donors (Lipinski definition) is 1. The summed E-state index contributed by atoms with van der Waals surface area (Å²) < 4.78 is 13.0. The average Bonchev–Trinajstić information content (AvgIpc) is 2.65. The van der Waals surface area contributed by atoms with Crippen molar-refractivity contribution in [2.24, 2.45) is 0 Å². The molecule has 1 saturated heterocycles. The molecule has 80 valence electrons. The first-order valence-electron chi connectivity index (χ1n) is 4.90. The second-order valence-electron chi connectivity index (χ2n) is 3.65. The highest BCUT2D eigenvalue weighted by atomic mass is 19.1. The van der Waals surface area contributed by atoms with Crippen molar-refractivity contribution in [3.05, 3.63) is 29.8 Å². The summed E-state index contributed by atoms with van der Waals surface area (Å²) in [5.74, 6) is -0.965. The summed E-state index contributed by atoms with van der Waals surface area (Å²) in [4.78, 5) is 12.7. The van der Waals surface area contributed by atoms with Crippen LogP contribution in [0.15, 0.2) is 24.3 Å². The number of para-hydroxylation sites is 1. The summed E-state index contributed by atoms with van der Waals surface area (Å²) in [5.41, 5.74) is 0.858. The Kier molecular flexibility index (Phi) is 2.58. The first kappa shape index (κ1) is 9.96. The molecule has 3 nitrogen and oxygen atoms in total. The second-order valence-corrected chi connectivity index (χ2v) is 3.65. The lowest BCUT2D eigenvalue weighted by molar-refractivity contribution is 0.0697. The maximum Gasteiger partial charge on any atom is 0.337 e. The van der Waals surface area contributed by atoms with Gasteiger partial charge in [-0.3, -0.25) is 0 Å². The minimum absolute atomic E-state index is 0.242. The number of aromatic carboxylic acids is 1. The topological polar surface area (TPSA) is 40.5 Å². The molecule has 15 heavy (non-hydrogen) atoms. The van der Waals surface area contributed by atoms with E-state index < -0.39 is 12.1 Å². The molecule has 0 aliphatic carbocycles. The van der Waals surface area contributed by atoms with Gasteiger partial charge in [-0.2, -0.15) is 0 Å². The fourth-order valence-electron chi connectivity index (χ4n) is 1.87. The van der Waals surface area contributed by atoms with Gasteiger partial charge in [-0.15, -0.1) is 0 Å². The highest BCUT2D eigenvalue weighted by molar-refractivity contribution is 5.94. The van der Waals surface area contributed by atoms with Crippen molar-refractivity contribution in [1.82, 2.24) is 0 Å². The predicted octanol–water partition coefficient (Wildman–Crippen LogP) is 1.93. The van der Waals surface area contributed by atoms with Crippen LogP contribution in [0, 0.1) is 0 Å². The zero-order valence-corrected chi connectivity index (χ0v) is 8.19. The predicted molar refractivity (Wildman–Crippen MR) is 55.1 cm³/mol. The van der Waals surface area contributed by atoms with Crippen LogP contribution in [0.4, 0.5) is 10.1 Å². The van der Waals surface area contributed by atoms with Crippen LogP contribution in [-0.4, -0.2) is 30.3 Å². The van der Waals surface area contributed by atoms with Gasteiger partial charge in [0.2, 0.25) is 0 Å². The SMILES string of the molecule is O=C(O)c1ccccc1N1CC[C@H](F)C1. The number of halogens is 1. The molecule has 4 heteroatoms. The Bertz CT molecular complexity index is 381. The van der Waals surface area contributed by atoms with Crippen molar-refractivity contribution < 1.29 is 14.3 Å². The van der Waals surface area contributed by atoms with E-state index in [4.69, 9.17) is 5.11 Å². The van der Waals surface area contributed by atoms with Crippen molar-refractivity contribution in [3.63, 3.8) is 0 Å². The molecule has 1 fully saturated rings. The molecule has 0 bridgehead atoms. The number of nitrogens with zero attached hydrogens (tertiary/aromatic N) is 1. The molecule has 0 spiro atoms. The molecule has 1 aromatic carbocycles. The average molecular weight is 209 g/mol. The van der Waals surface area contributed by atoms with Crippen LogP contribution in [0.25, 0.3) is 0 Å². The number of rotatable bonds is 2. The number of carboxylic acid groups (broad SMARTS) is 1. The maximum atomic E-state index is 13.0. The molecular formula is C11H12FNO2. The molecule has 1 aromatic rings. The Balaban J connectivity index is 2.31. The van der Waals surface area contributed by atoms with E-state index in [9.17, 15) is 9.18 Å². The van der Waals surface area contributed by atoms with E-state index >= 15 is 0 Å². The van der Waals surface area contributed by atoms with E-state index in [1.165, 1.54) is 0 Å². The molecule has 0 radical (unpaired) electrons. The fraction of sp³-hybridized carbons (Fsp3) is 0.364. The summed E-state index contributed by atoms with van der Waals surface area (Å²) >= 11 is 0. The highest BCUT2D eigenvalue weighted by Gasteiger charge is 2.24. The number of hydrogen-bond acceptors (Lipinski definition) is 2. The summed E-state index contributed by atoms with van der Waals surface area (Å²) in [6, 6.07) is 6.72. The lowest BCUT2D eigenvalue weighted by Gasteiger charge is -2.19. The maximum absolute atomic E-state index is 13.0. The zero-order chi connectivity index (χ0) is 10.8. The largest absolute Gasteiger partial charge is 0.478 e. The van der Waals surface area contributed by atoms with Crippen LogP contribution >= 0.6 is 0 Å². The standard InChI is InChI=1S/C11H12FNO2/c12-8-5-6-13(7-8)10-4-2-1-3-9(10)11(14)15/h1-4,8H,5-7H2,(H,14,15)/t8-/m0/s1. The molecule has 1 N–H and O–H groups in total. The molecule has 1 heterocycles. The first-order valence-corrected chi connectivity index (χ1v) is 4.90. The summed E-state index contributed by atoms with van der Waals surface area (Å²) in [7, 11) is 0. The van der Waals surface area contributed by atoms with E-state index in [0.717, 1.165) is 0 Å². The highest BCUT2D eigenvalue weighted by Crippen LogP contribution is 2.25. The first-order chi connectivity index (χ1) is 7.18. The van der Waals surface area contributed by atoms with Gasteiger partial charge in [0.05, 0.1) is 11.3 Å². The van der Waals surface area contributed by atoms with Gasteiger partial charge in [-0.1, -0.05) is 12.1 Å². The Morgan fingerprint density at radius 1 is 1.47 bits per heavy atom. The van der Waals surface area contributed by atoms with Crippen LogP contribution < -0.4 is 4.90 Å². The Hall–Kier alpha value is -1.58. The Labute approximate surface area is 87.1 Å². The van der Waals surface area contributed by atoms with Crippen molar-refractivity contribution >= 4 is 11.7 Å². The second kappa shape index (κ2) is 3.88. The molecule has 1 aliphatic rings. The fourth-order valence-corrected chi connectivity index (χ4v) is 1.87. The van der Waals surface area contributed by atoms with E-state index in [-0.39, 0.29) is 5.56 Å². The third-order valence-corrected chi connectivity index (χ3v) is 2.61. The quantitative estimate of drug-likeness (QED) is 0.809. The summed E-state index contributed by atoms with van der Waals surface area (Å²) in [6.45, 7) is 0.885. The molecule has 1 atom stereocenters. The molecule has 0 saturated carbocycles. The Morgan fingerprint density at radius 3 is 2.80 bits per heavy atom. The molecule has 1 aliphatic heterocycles. The van der Waals surface area contributed by atoms with Gasteiger partial charge in [0, 0.05) is 13.1 Å². The van der Waals surface area contributed by atoms with E-state index in [0.29, 0.717) is 25.2 Å².